The van der Waals surface area contributed by atoms with E-state index in [4.69, 9.17) is 13.9 Å². The van der Waals surface area contributed by atoms with Crippen molar-refractivity contribution in [2.45, 2.75) is 70.4 Å². The molecule has 3 unspecified atom stereocenters. The fraction of sp³-hybridized carbons (Fsp3) is 0.529. The van der Waals surface area contributed by atoms with Crippen molar-refractivity contribution >= 4 is 18.7 Å². The lowest BCUT2D eigenvalue weighted by molar-refractivity contribution is -0.148. The van der Waals surface area contributed by atoms with E-state index in [-0.39, 0.29) is 35.9 Å². The molecule has 2 aliphatic rings. The van der Waals surface area contributed by atoms with Gasteiger partial charge in [-0.15, -0.1) is 6.58 Å². The van der Waals surface area contributed by atoms with E-state index in [1.165, 1.54) is 15.9 Å². The Kier molecular flexibility index (Phi) is 10.1. The van der Waals surface area contributed by atoms with Crippen LogP contribution in [0.4, 0.5) is 0 Å². The number of ether oxygens (including phenoxy) is 2. The Labute approximate surface area is 237 Å². The van der Waals surface area contributed by atoms with Crippen LogP contribution in [0.25, 0.3) is 0 Å². The number of benzene rings is 2. The second-order valence-electron chi connectivity index (χ2n) is 12.4. The summed E-state index contributed by atoms with van der Waals surface area (Å²) in [6.07, 6.45) is 10.3. The summed E-state index contributed by atoms with van der Waals surface area (Å²) in [4.78, 5) is 0. The van der Waals surface area contributed by atoms with Gasteiger partial charge in [-0.3, -0.25) is 0 Å². The van der Waals surface area contributed by atoms with Gasteiger partial charge >= 0.3 is 0 Å². The van der Waals surface area contributed by atoms with Gasteiger partial charge < -0.3 is 19.0 Å². The molecular weight excluding hydrogens is 500 g/mol. The average molecular weight is 549 g/mol. The van der Waals surface area contributed by atoms with Crippen LogP contribution in [0.5, 0.6) is 0 Å². The van der Waals surface area contributed by atoms with E-state index in [0.717, 1.165) is 38.5 Å². The van der Waals surface area contributed by atoms with Crippen LogP contribution in [0.2, 0.25) is 5.04 Å². The average Bonchev–Trinajstić information content (AvgIpc) is 3.30. The fourth-order valence-electron chi connectivity index (χ4n) is 7.50. The minimum Gasteiger partial charge on any atom is -0.407 e. The molecule has 1 saturated carbocycles. The molecule has 2 aromatic rings. The topological polar surface area (TPSA) is 47.9 Å². The molecule has 1 fully saturated rings. The number of aliphatic hydroxyl groups is 1. The minimum atomic E-state index is -2.54. The van der Waals surface area contributed by atoms with Gasteiger partial charge in [-0.2, -0.15) is 0 Å². The molecule has 39 heavy (non-hydrogen) atoms. The van der Waals surface area contributed by atoms with Crippen LogP contribution < -0.4 is 10.4 Å². The molecule has 4 rings (SSSR count). The van der Waals surface area contributed by atoms with Crippen LogP contribution in [-0.4, -0.2) is 46.6 Å². The zero-order chi connectivity index (χ0) is 27.9. The van der Waals surface area contributed by atoms with Gasteiger partial charge in [-0.05, 0) is 65.8 Å². The van der Waals surface area contributed by atoms with Gasteiger partial charge in [-0.25, -0.2) is 0 Å². The van der Waals surface area contributed by atoms with Crippen LogP contribution in [0.15, 0.2) is 85.0 Å². The van der Waals surface area contributed by atoms with Crippen LogP contribution in [0.1, 0.15) is 59.3 Å². The first-order chi connectivity index (χ1) is 18.8. The Bertz CT molecular complexity index is 1040. The molecule has 212 valence electrons. The third kappa shape index (κ3) is 5.89. The second-order valence-corrected chi connectivity index (χ2v) is 16.7. The summed E-state index contributed by atoms with van der Waals surface area (Å²) >= 11 is 0. The van der Waals surface area contributed by atoms with E-state index in [9.17, 15) is 5.11 Å². The standard InChI is InChI=1S/C34H48O4Si/c1-6-21-34-28(19-20-29(34)23-27(25-35)24-32(34)37-26-36-5)14-13-22-38-39(33(2,3)4,30-15-9-7-10-16-30)31-17-11-8-12-18-31/h6-12,15-19,27,29,32,35H,1,13-14,20-26H2,2-5H3/t27?,29-,32?,34?/m1/s1. The van der Waals surface area contributed by atoms with Gasteiger partial charge in [0, 0.05) is 25.7 Å². The summed E-state index contributed by atoms with van der Waals surface area (Å²) < 4.78 is 18.9. The van der Waals surface area contributed by atoms with Gasteiger partial charge in [0.1, 0.15) is 6.79 Å². The highest BCUT2D eigenvalue weighted by Gasteiger charge is 2.54. The van der Waals surface area contributed by atoms with Gasteiger partial charge in [0.25, 0.3) is 8.32 Å². The predicted octanol–water partition coefficient (Wildman–Crippen LogP) is 6.24. The van der Waals surface area contributed by atoms with Crippen molar-refractivity contribution in [3.8, 4) is 0 Å². The molecule has 0 aromatic heterocycles. The Balaban J connectivity index is 1.56. The Morgan fingerprint density at radius 3 is 2.21 bits per heavy atom. The van der Waals surface area contributed by atoms with Crippen molar-refractivity contribution in [1.82, 2.24) is 0 Å². The van der Waals surface area contributed by atoms with E-state index in [0.29, 0.717) is 12.5 Å². The highest BCUT2D eigenvalue weighted by molar-refractivity contribution is 6.99. The van der Waals surface area contributed by atoms with Crippen molar-refractivity contribution in [2.24, 2.45) is 17.3 Å². The second kappa shape index (κ2) is 13.1. The molecule has 0 bridgehead atoms. The first-order valence-electron chi connectivity index (χ1n) is 14.6. The molecule has 0 spiro atoms. The molecule has 2 aromatic carbocycles. The monoisotopic (exact) mass is 548 g/mol. The van der Waals surface area contributed by atoms with Gasteiger partial charge in [0.2, 0.25) is 0 Å². The molecule has 0 amide bonds. The molecule has 0 saturated heterocycles. The molecule has 4 atom stereocenters. The number of allylic oxidation sites excluding steroid dienone is 2. The maximum Gasteiger partial charge on any atom is 0.261 e. The van der Waals surface area contributed by atoms with Crippen LogP contribution >= 0.6 is 0 Å². The number of hydrogen-bond acceptors (Lipinski definition) is 4. The lowest BCUT2D eigenvalue weighted by Crippen LogP contribution is -2.66. The van der Waals surface area contributed by atoms with E-state index in [1.54, 1.807) is 7.11 Å². The van der Waals surface area contributed by atoms with Crippen LogP contribution in [-0.2, 0) is 13.9 Å². The highest BCUT2D eigenvalue weighted by Crippen LogP contribution is 2.58. The van der Waals surface area contributed by atoms with Crippen molar-refractivity contribution in [3.63, 3.8) is 0 Å². The molecule has 2 aliphatic carbocycles. The quantitative estimate of drug-likeness (QED) is 0.139. The molecule has 0 aliphatic heterocycles. The maximum absolute atomic E-state index is 10.0. The molecule has 4 nitrogen and oxygen atoms in total. The summed E-state index contributed by atoms with van der Waals surface area (Å²) in [6.45, 7) is 12.3. The molecule has 1 N–H and O–H groups in total. The number of methoxy groups -OCH3 is 1. The molecule has 0 radical (unpaired) electrons. The largest absolute Gasteiger partial charge is 0.407 e. The smallest absolute Gasteiger partial charge is 0.261 e. The number of rotatable bonds is 13. The first-order valence-corrected chi connectivity index (χ1v) is 16.5. The summed E-state index contributed by atoms with van der Waals surface area (Å²) in [5.41, 5.74) is 1.42. The Hall–Kier alpha value is -2.02. The molecule has 5 heteroatoms. The van der Waals surface area contributed by atoms with Crippen LogP contribution in [0, 0.1) is 17.3 Å². The lowest BCUT2D eigenvalue weighted by Gasteiger charge is -2.50. The predicted molar refractivity (Wildman–Crippen MR) is 163 cm³/mol. The summed E-state index contributed by atoms with van der Waals surface area (Å²) in [5, 5.41) is 12.6. The van der Waals surface area contributed by atoms with Crippen LogP contribution in [0.3, 0.4) is 0 Å². The minimum absolute atomic E-state index is 0.0256. The third-order valence-electron chi connectivity index (χ3n) is 9.17. The fourth-order valence-corrected chi connectivity index (χ4v) is 12.1. The van der Waals surface area contributed by atoms with E-state index in [2.05, 4.69) is 100 Å². The van der Waals surface area contributed by atoms with Gasteiger partial charge in [0.15, 0.2) is 0 Å². The lowest BCUT2D eigenvalue weighted by atomic mass is 9.58. The Morgan fingerprint density at radius 2 is 1.67 bits per heavy atom. The summed E-state index contributed by atoms with van der Waals surface area (Å²) in [5.74, 6) is 0.747. The number of fused-ring (bicyclic) bond motifs is 1. The van der Waals surface area contributed by atoms with Crippen molar-refractivity contribution in [1.29, 1.82) is 0 Å². The number of aliphatic hydroxyl groups excluding tert-OH is 1. The highest BCUT2D eigenvalue weighted by atomic mass is 28.4. The van der Waals surface area contributed by atoms with Gasteiger partial charge in [0.05, 0.1) is 6.10 Å². The first kappa shape index (κ1) is 29.9. The maximum atomic E-state index is 10.0. The van der Waals surface area contributed by atoms with Gasteiger partial charge in [-0.1, -0.05) is 99.2 Å². The van der Waals surface area contributed by atoms with Crippen molar-refractivity contribution in [2.75, 3.05) is 27.1 Å². The van der Waals surface area contributed by atoms with Crippen molar-refractivity contribution < 1.29 is 19.0 Å². The zero-order valence-corrected chi connectivity index (χ0v) is 25.4. The van der Waals surface area contributed by atoms with E-state index in [1.807, 2.05) is 0 Å². The summed E-state index contributed by atoms with van der Waals surface area (Å²) in [7, 11) is -0.866. The van der Waals surface area contributed by atoms with E-state index < -0.39 is 8.32 Å². The molecular formula is C34H48O4Si. The van der Waals surface area contributed by atoms with E-state index >= 15 is 0 Å². The molecule has 0 heterocycles. The normalized spacial score (nSPS) is 25.3. The summed E-state index contributed by atoms with van der Waals surface area (Å²) in [6, 6.07) is 21.8. The number of hydrogen-bond donors (Lipinski definition) is 1. The van der Waals surface area contributed by atoms with Crippen molar-refractivity contribution in [3.05, 3.63) is 85.0 Å². The third-order valence-corrected chi connectivity index (χ3v) is 14.2. The SMILES string of the molecule is C=CCC12C(CCCO[Si](c3ccccc3)(c3ccccc3)C(C)(C)C)=CC[C@@H]1CC(CO)CC2OCOC. The zero-order valence-electron chi connectivity index (χ0n) is 24.4. The Morgan fingerprint density at radius 1 is 1.03 bits per heavy atom.